The molecule has 0 saturated carbocycles. The Morgan fingerprint density at radius 1 is 0.382 bits per heavy atom. The van der Waals surface area contributed by atoms with Crippen molar-refractivity contribution in [3.05, 3.63) is 200 Å². The fourth-order valence-corrected chi connectivity index (χ4v) is 9.60. The van der Waals surface area contributed by atoms with Crippen molar-refractivity contribution in [3.8, 4) is 33.4 Å². The van der Waals surface area contributed by atoms with E-state index in [9.17, 15) is 0 Å². The van der Waals surface area contributed by atoms with Crippen LogP contribution in [0.25, 0.3) is 86.3 Å². The van der Waals surface area contributed by atoms with Gasteiger partial charge in [-0.1, -0.05) is 158 Å². The fourth-order valence-electron chi connectivity index (χ4n) is 8.46. The van der Waals surface area contributed by atoms with Crippen molar-refractivity contribution in [1.29, 1.82) is 0 Å². The summed E-state index contributed by atoms with van der Waals surface area (Å²) in [6.45, 7) is 0. The molecule has 3 heteroatoms. The highest BCUT2D eigenvalue weighted by Crippen LogP contribution is 2.48. The van der Waals surface area contributed by atoms with Crippen molar-refractivity contribution in [2.75, 3.05) is 4.90 Å². The molecule has 55 heavy (non-hydrogen) atoms. The molecule has 0 bridgehead atoms. The first-order valence-electron chi connectivity index (χ1n) is 18.7. The predicted molar refractivity (Wildman–Crippen MR) is 235 cm³/mol. The summed E-state index contributed by atoms with van der Waals surface area (Å²) in [5.74, 6) is 0. The van der Waals surface area contributed by atoms with E-state index in [4.69, 9.17) is 4.42 Å². The SMILES string of the molecule is c1ccc(-c2cccc3cccc(-c4ccccc4N(c4cccc(-c5cccc6sc7ccccc7c56)c4)c4cccc5c4oc4ccccc45)c23)cc1. The van der Waals surface area contributed by atoms with Gasteiger partial charge in [0, 0.05) is 42.2 Å². The molecule has 0 aliphatic carbocycles. The summed E-state index contributed by atoms with van der Waals surface area (Å²) < 4.78 is 9.37. The highest BCUT2D eigenvalue weighted by molar-refractivity contribution is 7.25. The molecule has 2 nitrogen and oxygen atoms in total. The Labute approximate surface area is 322 Å². The molecule has 0 spiro atoms. The van der Waals surface area contributed by atoms with Crippen molar-refractivity contribution in [2.45, 2.75) is 0 Å². The van der Waals surface area contributed by atoms with E-state index in [0.717, 1.165) is 44.6 Å². The third kappa shape index (κ3) is 5.16. The van der Waals surface area contributed by atoms with Gasteiger partial charge < -0.3 is 9.32 Å². The molecule has 0 atom stereocenters. The monoisotopic (exact) mass is 719 g/mol. The molecule has 2 aromatic heterocycles. The zero-order valence-corrected chi connectivity index (χ0v) is 30.6. The number of thiophene rings is 1. The first kappa shape index (κ1) is 31.6. The summed E-state index contributed by atoms with van der Waals surface area (Å²) in [6, 6.07) is 72.2. The van der Waals surface area contributed by atoms with Crippen LogP contribution in [-0.4, -0.2) is 0 Å². The molecule has 0 saturated heterocycles. The van der Waals surface area contributed by atoms with Crippen LogP contribution in [-0.2, 0) is 0 Å². The van der Waals surface area contributed by atoms with E-state index in [2.05, 4.69) is 199 Å². The van der Waals surface area contributed by atoms with Crippen molar-refractivity contribution >= 4 is 81.3 Å². The highest BCUT2D eigenvalue weighted by Gasteiger charge is 2.24. The Morgan fingerprint density at radius 2 is 0.982 bits per heavy atom. The molecule has 0 amide bonds. The van der Waals surface area contributed by atoms with Gasteiger partial charge in [0.05, 0.1) is 11.4 Å². The molecular weight excluding hydrogens is 687 g/mol. The number of para-hydroxylation sites is 3. The molecular formula is C52H33NOS. The van der Waals surface area contributed by atoms with Gasteiger partial charge in [-0.15, -0.1) is 11.3 Å². The van der Waals surface area contributed by atoms with Crippen LogP contribution in [0, 0.1) is 0 Å². The molecule has 0 fully saturated rings. The molecule has 9 aromatic carbocycles. The molecule has 0 unspecified atom stereocenters. The van der Waals surface area contributed by atoms with Crippen LogP contribution in [0.4, 0.5) is 17.1 Å². The lowest BCUT2D eigenvalue weighted by Crippen LogP contribution is -2.11. The molecule has 2 heterocycles. The molecule has 0 N–H and O–H groups in total. The fraction of sp³-hybridized carbons (Fsp3) is 0. The van der Waals surface area contributed by atoms with Gasteiger partial charge in [0.2, 0.25) is 0 Å². The number of anilines is 3. The second-order valence-corrected chi connectivity index (χ2v) is 15.1. The van der Waals surface area contributed by atoms with Crippen LogP contribution in [0.5, 0.6) is 0 Å². The summed E-state index contributed by atoms with van der Waals surface area (Å²) in [7, 11) is 0. The summed E-state index contributed by atoms with van der Waals surface area (Å²) in [6.07, 6.45) is 0. The number of rotatable bonds is 6. The average Bonchev–Trinajstić information content (AvgIpc) is 3.83. The highest BCUT2D eigenvalue weighted by atomic mass is 32.1. The minimum atomic E-state index is 0.859. The van der Waals surface area contributed by atoms with Crippen LogP contribution < -0.4 is 4.90 Å². The molecule has 11 rings (SSSR count). The van der Waals surface area contributed by atoms with Crippen molar-refractivity contribution in [3.63, 3.8) is 0 Å². The van der Waals surface area contributed by atoms with Gasteiger partial charge in [0.1, 0.15) is 5.58 Å². The standard InChI is InChI=1S/C52H33NOS/c1-2-15-34(16-3-1)38-24-11-17-35-18-12-26-42(50(35)38)40-21-4-7-28-45(40)53(46-29-13-27-43-41-22-5-8-30-47(41)54-52(43)46)37-20-10-19-36(33-37)39-25-14-32-49-51(39)44-23-6-9-31-48(44)55-49/h1-33H. The van der Waals surface area contributed by atoms with Crippen molar-refractivity contribution in [1.82, 2.24) is 0 Å². The second-order valence-electron chi connectivity index (χ2n) is 14.0. The Bertz CT molecular complexity index is 3220. The minimum absolute atomic E-state index is 0.859. The zero-order valence-electron chi connectivity index (χ0n) is 29.8. The minimum Gasteiger partial charge on any atom is -0.454 e. The Kier molecular flexibility index (Phi) is 7.39. The number of hydrogen-bond donors (Lipinski definition) is 0. The second kappa shape index (κ2) is 12.9. The molecule has 11 aromatic rings. The predicted octanol–water partition coefficient (Wildman–Crippen LogP) is 15.6. The maximum Gasteiger partial charge on any atom is 0.159 e. The van der Waals surface area contributed by atoms with Crippen molar-refractivity contribution < 1.29 is 4.42 Å². The van der Waals surface area contributed by atoms with Crippen LogP contribution in [0.15, 0.2) is 205 Å². The average molecular weight is 720 g/mol. The summed E-state index contributed by atoms with van der Waals surface area (Å²) in [4.78, 5) is 2.40. The van der Waals surface area contributed by atoms with Gasteiger partial charge >= 0.3 is 0 Å². The smallest absolute Gasteiger partial charge is 0.159 e. The lowest BCUT2D eigenvalue weighted by atomic mass is 9.90. The topological polar surface area (TPSA) is 16.4 Å². The van der Waals surface area contributed by atoms with Gasteiger partial charge in [-0.2, -0.15) is 0 Å². The Balaban J connectivity index is 1.19. The largest absolute Gasteiger partial charge is 0.454 e. The van der Waals surface area contributed by atoms with E-state index in [1.807, 2.05) is 17.4 Å². The van der Waals surface area contributed by atoms with Gasteiger partial charge in [-0.25, -0.2) is 0 Å². The third-order valence-corrected chi connectivity index (χ3v) is 12.0. The lowest BCUT2D eigenvalue weighted by Gasteiger charge is -2.29. The van der Waals surface area contributed by atoms with Crippen LogP contribution in [0.3, 0.4) is 0 Å². The van der Waals surface area contributed by atoms with Crippen molar-refractivity contribution in [2.24, 2.45) is 0 Å². The first-order valence-corrected chi connectivity index (χ1v) is 19.5. The maximum absolute atomic E-state index is 6.77. The normalized spacial score (nSPS) is 11.6. The van der Waals surface area contributed by atoms with Gasteiger partial charge in [0.15, 0.2) is 5.58 Å². The van der Waals surface area contributed by atoms with Gasteiger partial charge in [0.25, 0.3) is 0 Å². The van der Waals surface area contributed by atoms with Gasteiger partial charge in [-0.3, -0.25) is 0 Å². The van der Waals surface area contributed by atoms with E-state index >= 15 is 0 Å². The van der Waals surface area contributed by atoms with E-state index in [1.54, 1.807) is 0 Å². The molecule has 0 aliphatic rings. The van der Waals surface area contributed by atoms with E-state index in [0.29, 0.717) is 0 Å². The zero-order chi connectivity index (χ0) is 36.3. The summed E-state index contributed by atoms with van der Waals surface area (Å²) >= 11 is 1.86. The van der Waals surface area contributed by atoms with E-state index < -0.39 is 0 Å². The Hall–Kier alpha value is -6.94. The Morgan fingerprint density at radius 3 is 1.87 bits per heavy atom. The quantitative estimate of drug-likeness (QED) is 0.170. The number of benzene rings is 9. The number of hydrogen-bond acceptors (Lipinski definition) is 3. The number of fused-ring (bicyclic) bond motifs is 7. The number of furan rings is 1. The summed E-state index contributed by atoms with van der Waals surface area (Å²) in [5, 5.41) is 7.24. The van der Waals surface area contributed by atoms with Crippen LogP contribution in [0.2, 0.25) is 0 Å². The van der Waals surface area contributed by atoms with Crippen LogP contribution >= 0.6 is 11.3 Å². The lowest BCUT2D eigenvalue weighted by molar-refractivity contribution is 0.669. The third-order valence-electron chi connectivity index (χ3n) is 10.9. The van der Waals surface area contributed by atoms with E-state index in [-0.39, 0.29) is 0 Å². The van der Waals surface area contributed by atoms with Gasteiger partial charge in [-0.05, 0) is 81.1 Å². The molecule has 0 aliphatic heterocycles. The summed E-state index contributed by atoms with van der Waals surface area (Å²) in [5.41, 5.74) is 12.0. The molecule has 0 radical (unpaired) electrons. The number of nitrogens with zero attached hydrogens (tertiary/aromatic N) is 1. The first-order chi connectivity index (χ1) is 27.3. The van der Waals surface area contributed by atoms with Crippen LogP contribution in [0.1, 0.15) is 0 Å². The molecule has 258 valence electrons. The van der Waals surface area contributed by atoms with E-state index in [1.165, 1.54) is 58.8 Å². The maximum atomic E-state index is 6.77.